The number of likely N-dealkylation sites (tertiary alicyclic amines) is 1. The normalized spacial score (nSPS) is 17.3. The molecule has 2 heterocycles. The fraction of sp³-hybridized carbons (Fsp3) is 0.667. The predicted molar refractivity (Wildman–Crippen MR) is 76.3 cm³/mol. The van der Waals surface area contributed by atoms with E-state index in [0.717, 1.165) is 32.0 Å². The predicted octanol–water partition coefficient (Wildman–Crippen LogP) is 2.02. The number of ether oxygens (including phenoxy) is 1. The topological polar surface area (TPSA) is 68.7 Å². The number of hydrogen-bond acceptors (Lipinski definition) is 5. The Labute approximate surface area is 120 Å². The number of esters is 1. The lowest BCUT2D eigenvalue weighted by molar-refractivity contribution is 0.0521. The summed E-state index contributed by atoms with van der Waals surface area (Å²) in [6, 6.07) is 1.69. The maximum absolute atomic E-state index is 11.8. The molecule has 0 amide bonds. The van der Waals surface area contributed by atoms with Crippen LogP contribution in [0.3, 0.4) is 0 Å². The van der Waals surface area contributed by atoms with Crippen molar-refractivity contribution in [1.29, 1.82) is 0 Å². The minimum atomic E-state index is -0.297. The average Bonchev–Trinajstić information content (AvgIpc) is 2.90. The number of furan rings is 1. The van der Waals surface area contributed by atoms with Crippen LogP contribution in [0.2, 0.25) is 0 Å². The Morgan fingerprint density at radius 1 is 1.50 bits per heavy atom. The fourth-order valence-corrected chi connectivity index (χ4v) is 2.73. The van der Waals surface area contributed by atoms with E-state index in [2.05, 4.69) is 4.90 Å². The number of piperidine rings is 1. The van der Waals surface area contributed by atoms with Crippen molar-refractivity contribution in [2.24, 2.45) is 11.7 Å². The fourth-order valence-electron chi connectivity index (χ4n) is 2.73. The maximum atomic E-state index is 11.8. The molecule has 1 aromatic rings. The first kappa shape index (κ1) is 15.1. The molecule has 0 saturated carbocycles. The highest BCUT2D eigenvalue weighted by Crippen LogP contribution is 2.22. The Hall–Kier alpha value is -1.33. The van der Waals surface area contributed by atoms with Gasteiger partial charge in [-0.3, -0.25) is 4.90 Å². The quantitative estimate of drug-likeness (QED) is 0.807. The number of rotatable bonds is 6. The van der Waals surface area contributed by atoms with E-state index < -0.39 is 0 Å². The van der Waals surface area contributed by atoms with Gasteiger partial charge in [0.05, 0.1) is 19.4 Å². The summed E-state index contributed by atoms with van der Waals surface area (Å²) in [7, 11) is 0. The molecule has 5 heteroatoms. The van der Waals surface area contributed by atoms with Gasteiger partial charge < -0.3 is 14.9 Å². The Bertz CT molecular complexity index is 423. The first-order valence-corrected chi connectivity index (χ1v) is 7.40. The third-order valence-electron chi connectivity index (χ3n) is 3.89. The van der Waals surface area contributed by atoms with Crippen molar-refractivity contribution in [3.05, 3.63) is 23.7 Å². The van der Waals surface area contributed by atoms with Crippen LogP contribution < -0.4 is 5.73 Å². The summed E-state index contributed by atoms with van der Waals surface area (Å²) in [4.78, 5) is 14.1. The van der Waals surface area contributed by atoms with E-state index >= 15 is 0 Å². The highest BCUT2D eigenvalue weighted by atomic mass is 16.5. The van der Waals surface area contributed by atoms with Crippen LogP contribution in [0.5, 0.6) is 0 Å². The van der Waals surface area contributed by atoms with Crippen molar-refractivity contribution < 1.29 is 13.9 Å². The van der Waals surface area contributed by atoms with Crippen LogP contribution in [0, 0.1) is 5.92 Å². The van der Waals surface area contributed by atoms with E-state index in [-0.39, 0.29) is 5.97 Å². The number of carbonyl (C=O) groups is 1. The number of nitrogens with zero attached hydrogens (tertiary/aromatic N) is 1. The minimum absolute atomic E-state index is 0.297. The zero-order valence-corrected chi connectivity index (χ0v) is 12.1. The molecule has 20 heavy (non-hydrogen) atoms. The van der Waals surface area contributed by atoms with Crippen molar-refractivity contribution in [2.75, 3.05) is 26.2 Å². The molecule has 0 bridgehead atoms. The van der Waals surface area contributed by atoms with E-state index in [9.17, 15) is 4.79 Å². The Morgan fingerprint density at radius 2 is 2.25 bits per heavy atom. The first-order chi connectivity index (χ1) is 9.74. The molecular weight excluding hydrogens is 256 g/mol. The molecule has 0 unspecified atom stereocenters. The zero-order valence-electron chi connectivity index (χ0n) is 12.1. The molecule has 1 saturated heterocycles. The van der Waals surface area contributed by atoms with Gasteiger partial charge >= 0.3 is 5.97 Å². The van der Waals surface area contributed by atoms with Crippen LogP contribution >= 0.6 is 0 Å². The summed E-state index contributed by atoms with van der Waals surface area (Å²) < 4.78 is 10.5. The minimum Gasteiger partial charge on any atom is -0.467 e. The van der Waals surface area contributed by atoms with Crippen molar-refractivity contribution in [1.82, 2.24) is 4.90 Å². The van der Waals surface area contributed by atoms with Crippen LogP contribution in [0.4, 0.5) is 0 Å². The van der Waals surface area contributed by atoms with Crippen LogP contribution in [-0.4, -0.2) is 37.1 Å². The zero-order chi connectivity index (χ0) is 14.4. The molecule has 2 N–H and O–H groups in total. The lowest BCUT2D eigenvalue weighted by Crippen LogP contribution is -2.34. The molecule has 2 rings (SSSR count). The van der Waals surface area contributed by atoms with Gasteiger partial charge in [-0.25, -0.2) is 4.79 Å². The molecule has 0 atom stereocenters. The number of hydrogen-bond donors (Lipinski definition) is 1. The largest absolute Gasteiger partial charge is 0.467 e. The average molecular weight is 280 g/mol. The van der Waals surface area contributed by atoms with Gasteiger partial charge in [-0.2, -0.15) is 0 Å². The van der Waals surface area contributed by atoms with Gasteiger partial charge in [-0.1, -0.05) is 0 Å². The Morgan fingerprint density at radius 3 is 2.90 bits per heavy atom. The van der Waals surface area contributed by atoms with Gasteiger partial charge in [0.15, 0.2) is 0 Å². The summed E-state index contributed by atoms with van der Waals surface area (Å²) >= 11 is 0. The van der Waals surface area contributed by atoms with Gasteiger partial charge in [0.1, 0.15) is 11.3 Å². The molecule has 1 aromatic heterocycles. The van der Waals surface area contributed by atoms with Gasteiger partial charge in [0, 0.05) is 0 Å². The van der Waals surface area contributed by atoms with Crippen molar-refractivity contribution in [3.63, 3.8) is 0 Å². The first-order valence-electron chi connectivity index (χ1n) is 7.40. The molecule has 5 nitrogen and oxygen atoms in total. The monoisotopic (exact) mass is 280 g/mol. The molecule has 1 aliphatic rings. The second kappa shape index (κ2) is 7.45. The molecule has 112 valence electrons. The molecular formula is C15H24N2O3. The van der Waals surface area contributed by atoms with Crippen molar-refractivity contribution in [2.45, 2.75) is 32.7 Å². The van der Waals surface area contributed by atoms with Crippen molar-refractivity contribution in [3.8, 4) is 0 Å². The third kappa shape index (κ3) is 3.84. The summed E-state index contributed by atoms with van der Waals surface area (Å²) in [5, 5.41) is 0. The molecule has 0 spiro atoms. The highest BCUT2D eigenvalue weighted by Gasteiger charge is 2.22. The molecule has 1 aliphatic heterocycles. The van der Waals surface area contributed by atoms with Crippen molar-refractivity contribution >= 4 is 5.97 Å². The van der Waals surface area contributed by atoms with E-state index in [1.807, 2.05) is 0 Å². The van der Waals surface area contributed by atoms with Gasteiger partial charge in [0.2, 0.25) is 0 Å². The van der Waals surface area contributed by atoms with E-state index in [4.69, 9.17) is 14.9 Å². The number of carbonyl (C=O) groups excluding carboxylic acids is 1. The third-order valence-corrected chi connectivity index (χ3v) is 3.89. The van der Waals surface area contributed by atoms with E-state index in [0.29, 0.717) is 24.5 Å². The summed E-state index contributed by atoms with van der Waals surface area (Å²) in [5.41, 5.74) is 6.16. The van der Waals surface area contributed by atoms with Gasteiger partial charge in [0.25, 0.3) is 0 Å². The lowest BCUT2D eigenvalue weighted by atomic mass is 9.93. The standard InChI is InChI=1S/C15H24N2O3/c1-2-19-15(18)13-6-10-20-14(13)11-17-8-4-12(3-7-16)5-9-17/h6,10,12H,2-5,7-9,11,16H2,1H3. The van der Waals surface area contributed by atoms with E-state index in [1.54, 1.807) is 19.3 Å². The molecule has 0 aromatic carbocycles. The Kier molecular flexibility index (Phi) is 5.61. The van der Waals surface area contributed by atoms with Crippen LogP contribution in [-0.2, 0) is 11.3 Å². The SMILES string of the molecule is CCOC(=O)c1ccoc1CN1CCC(CCN)CC1. The van der Waals surface area contributed by atoms with Crippen LogP contribution in [0.1, 0.15) is 42.3 Å². The van der Waals surface area contributed by atoms with Crippen LogP contribution in [0.25, 0.3) is 0 Å². The molecule has 1 fully saturated rings. The molecule has 0 aliphatic carbocycles. The van der Waals surface area contributed by atoms with Gasteiger partial charge in [-0.15, -0.1) is 0 Å². The maximum Gasteiger partial charge on any atom is 0.341 e. The molecule has 0 radical (unpaired) electrons. The summed E-state index contributed by atoms with van der Waals surface area (Å²) in [5.74, 6) is 1.16. The van der Waals surface area contributed by atoms with Crippen LogP contribution in [0.15, 0.2) is 16.7 Å². The Balaban J connectivity index is 1.88. The smallest absolute Gasteiger partial charge is 0.341 e. The van der Waals surface area contributed by atoms with Gasteiger partial charge in [-0.05, 0) is 57.8 Å². The summed E-state index contributed by atoms with van der Waals surface area (Å²) in [6.45, 7) is 5.71. The number of nitrogens with two attached hydrogens (primary N) is 1. The van der Waals surface area contributed by atoms with E-state index in [1.165, 1.54) is 12.8 Å². The highest BCUT2D eigenvalue weighted by molar-refractivity contribution is 5.90. The second-order valence-electron chi connectivity index (χ2n) is 5.27. The second-order valence-corrected chi connectivity index (χ2v) is 5.27. The summed E-state index contributed by atoms with van der Waals surface area (Å²) in [6.07, 6.45) is 5.02. The lowest BCUT2D eigenvalue weighted by Gasteiger charge is -2.31.